The highest BCUT2D eigenvalue weighted by Crippen LogP contribution is 2.34. The third kappa shape index (κ3) is 2.22. The summed E-state index contributed by atoms with van der Waals surface area (Å²) in [4.78, 5) is 12.0. The van der Waals surface area contributed by atoms with Crippen LogP contribution in [-0.4, -0.2) is 17.2 Å². The minimum absolute atomic E-state index is 0.0573. The summed E-state index contributed by atoms with van der Waals surface area (Å²) in [6.45, 7) is 5.26. The average molecular weight is 313 g/mol. The maximum absolute atomic E-state index is 12.0. The number of aryl methyl sites for hydroxylation is 1. The Kier molecular flexibility index (Phi) is 3.34. The predicted molar refractivity (Wildman–Crippen MR) is 70.9 cm³/mol. The number of phenolic OH excluding ortho intramolecular Hbond substituents is 1. The fraction of sp³-hybridized carbons (Fsp3) is 0.308. The van der Waals surface area contributed by atoms with Gasteiger partial charge in [-0.15, -0.1) is 0 Å². The van der Waals surface area contributed by atoms with Gasteiger partial charge in [0.1, 0.15) is 22.7 Å². The zero-order chi connectivity index (χ0) is 13.4. The van der Waals surface area contributed by atoms with Gasteiger partial charge in [0.05, 0.1) is 10.6 Å². The first kappa shape index (κ1) is 13.0. The second-order valence-electron chi connectivity index (χ2n) is 4.29. The van der Waals surface area contributed by atoms with Crippen LogP contribution < -0.4 is 0 Å². The zero-order valence-electron chi connectivity index (χ0n) is 10.3. The quantitative estimate of drug-likeness (QED) is 0.857. The van der Waals surface area contributed by atoms with Crippen LogP contribution in [0.2, 0.25) is 0 Å². The molecule has 1 N–H and O–H groups in total. The predicted octanol–water partition coefficient (Wildman–Crippen LogP) is 3.77. The van der Waals surface area contributed by atoms with Crippen LogP contribution in [0.5, 0.6) is 5.75 Å². The minimum Gasteiger partial charge on any atom is -0.507 e. The van der Waals surface area contributed by atoms with Crippen LogP contribution in [0.15, 0.2) is 21.0 Å². The highest BCUT2D eigenvalue weighted by molar-refractivity contribution is 9.10. The fourth-order valence-electron chi connectivity index (χ4n) is 1.76. The van der Waals surface area contributed by atoms with E-state index < -0.39 is 5.97 Å². The molecule has 96 valence electrons. The highest BCUT2D eigenvalue weighted by atomic mass is 79.9. The van der Waals surface area contributed by atoms with E-state index in [1.807, 2.05) is 0 Å². The third-order valence-corrected chi connectivity index (χ3v) is 3.12. The number of halogens is 1. The van der Waals surface area contributed by atoms with Gasteiger partial charge in [-0.05, 0) is 48.8 Å². The number of ether oxygens (including phenoxy) is 1. The average Bonchev–Trinajstić information content (AvgIpc) is 2.53. The summed E-state index contributed by atoms with van der Waals surface area (Å²) < 4.78 is 11.2. The molecule has 0 aliphatic rings. The van der Waals surface area contributed by atoms with Crippen molar-refractivity contribution in [3.63, 3.8) is 0 Å². The monoisotopic (exact) mass is 312 g/mol. The Hall–Kier alpha value is -1.49. The smallest absolute Gasteiger partial charge is 0.342 e. The molecule has 0 spiro atoms. The molecule has 0 bridgehead atoms. The van der Waals surface area contributed by atoms with Gasteiger partial charge in [-0.1, -0.05) is 0 Å². The van der Waals surface area contributed by atoms with E-state index in [4.69, 9.17) is 9.15 Å². The standard InChI is InChI=1S/C13H13BrO4/c1-6(2)17-13(16)12-7(3)18-11-5-9(14)10(15)4-8(11)12/h4-6,15H,1-3H3. The molecular formula is C13H13BrO4. The lowest BCUT2D eigenvalue weighted by Gasteiger charge is -2.07. The van der Waals surface area contributed by atoms with Gasteiger partial charge in [-0.2, -0.15) is 0 Å². The number of furan rings is 1. The number of esters is 1. The Morgan fingerprint density at radius 2 is 2.11 bits per heavy atom. The second-order valence-corrected chi connectivity index (χ2v) is 5.14. The molecule has 1 heterocycles. The van der Waals surface area contributed by atoms with Crippen molar-refractivity contribution in [2.24, 2.45) is 0 Å². The fourth-order valence-corrected chi connectivity index (χ4v) is 2.08. The lowest BCUT2D eigenvalue weighted by molar-refractivity contribution is 0.0378. The van der Waals surface area contributed by atoms with E-state index in [0.29, 0.717) is 26.8 Å². The summed E-state index contributed by atoms with van der Waals surface area (Å²) in [6, 6.07) is 3.12. The van der Waals surface area contributed by atoms with E-state index in [2.05, 4.69) is 15.9 Å². The van der Waals surface area contributed by atoms with Gasteiger partial charge < -0.3 is 14.3 Å². The number of fused-ring (bicyclic) bond motifs is 1. The molecule has 0 aliphatic heterocycles. The summed E-state index contributed by atoms with van der Waals surface area (Å²) in [7, 11) is 0. The molecule has 0 aliphatic carbocycles. The molecule has 0 saturated heterocycles. The van der Waals surface area contributed by atoms with Crippen LogP contribution in [0.25, 0.3) is 11.0 Å². The first-order chi connectivity index (χ1) is 8.40. The SMILES string of the molecule is Cc1oc2cc(Br)c(O)cc2c1C(=O)OC(C)C. The van der Waals surface area contributed by atoms with E-state index in [-0.39, 0.29) is 11.9 Å². The minimum atomic E-state index is -0.442. The highest BCUT2D eigenvalue weighted by Gasteiger charge is 2.21. The van der Waals surface area contributed by atoms with E-state index in [9.17, 15) is 9.90 Å². The van der Waals surface area contributed by atoms with Crippen molar-refractivity contribution in [2.75, 3.05) is 0 Å². The number of carbonyl (C=O) groups is 1. The summed E-state index contributed by atoms with van der Waals surface area (Å²) in [5.74, 6) is 0.0954. The van der Waals surface area contributed by atoms with Gasteiger partial charge in [0.25, 0.3) is 0 Å². The van der Waals surface area contributed by atoms with Gasteiger partial charge in [0, 0.05) is 5.39 Å². The van der Waals surface area contributed by atoms with Crippen LogP contribution in [0, 0.1) is 6.92 Å². The molecule has 2 rings (SSSR count). The van der Waals surface area contributed by atoms with Crippen LogP contribution in [-0.2, 0) is 4.74 Å². The van der Waals surface area contributed by atoms with E-state index in [1.54, 1.807) is 26.8 Å². The number of hydrogen-bond donors (Lipinski definition) is 1. The van der Waals surface area contributed by atoms with Crippen molar-refractivity contribution >= 4 is 32.9 Å². The molecule has 0 atom stereocenters. The van der Waals surface area contributed by atoms with E-state index in [0.717, 1.165) is 0 Å². The Morgan fingerprint density at radius 3 is 2.72 bits per heavy atom. The number of hydrogen-bond acceptors (Lipinski definition) is 4. The topological polar surface area (TPSA) is 59.7 Å². The van der Waals surface area contributed by atoms with Crippen LogP contribution in [0.4, 0.5) is 0 Å². The molecule has 0 fully saturated rings. The van der Waals surface area contributed by atoms with Gasteiger partial charge in [0.2, 0.25) is 0 Å². The molecule has 4 nitrogen and oxygen atoms in total. The number of benzene rings is 1. The molecule has 0 unspecified atom stereocenters. The largest absolute Gasteiger partial charge is 0.507 e. The lowest BCUT2D eigenvalue weighted by Crippen LogP contribution is -2.12. The Balaban J connectivity index is 2.60. The van der Waals surface area contributed by atoms with Gasteiger partial charge in [-0.25, -0.2) is 4.79 Å². The van der Waals surface area contributed by atoms with Crippen molar-refractivity contribution < 1.29 is 19.1 Å². The molecule has 1 aromatic carbocycles. The lowest BCUT2D eigenvalue weighted by atomic mass is 10.1. The van der Waals surface area contributed by atoms with Crippen molar-refractivity contribution in [2.45, 2.75) is 26.9 Å². The molecule has 1 aromatic heterocycles. The third-order valence-electron chi connectivity index (χ3n) is 2.48. The second kappa shape index (κ2) is 4.65. The number of carbonyl (C=O) groups excluding carboxylic acids is 1. The summed E-state index contributed by atoms with van der Waals surface area (Å²) >= 11 is 3.20. The Bertz CT molecular complexity index is 613. The maximum Gasteiger partial charge on any atom is 0.342 e. The first-order valence-corrected chi connectivity index (χ1v) is 6.32. The molecule has 18 heavy (non-hydrogen) atoms. The molecule has 0 amide bonds. The van der Waals surface area contributed by atoms with Crippen LogP contribution in [0.1, 0.15) is 30.0 Å². The van der Waals surface area contributed by atoms with Crippen molar-refractivity contribution in [1.82, 2.24) is 0 Å². The van der Waals surface area contributed by atoms with Crippen LogP contribution in [0.3, 0.4) is 0 Å². The Labute approximate surface area is 113 Å². The van der Waals surface area contributed by atoms with Gasteiger partial charge >= 0.3 is 5.97 Å². The first-order valence-electron chi connectivity index (χ1n) is 5.52. The number of phenols is 1. The normalized spacial score (nSPS) is 11.2. The molecule has 2 aromatic rings. The molecular weight excluding hydrogens is 300 g/mol. The number of rotatable bonds is 2. The van der Waals surface area contributed by atoms with E-state index >= 15 is 0 Å². The summed E-state index contributed by atoms with van der Waals surface area (Å²) in [5.41, 5.74) is 0.898. The van der Waals surface area contributed by atoms with Crippen molar-refractivity contribution in [3.8, 4) is 5.75 Å². The number of aromatic hydroxyl groups is 1. The summed E-state index contributed by atoms with van der Waals surface area (Å²) in [6.07, 6.45) is -0.203. The van der Waals surface area contributed by atoms with Crippen LogP contribution >= 0.6 is 15.9 Å². The molecule has 5 heteroatoms. The zero-order valence-corrected chi connectivity index (χ0v) is 11.9. The van der Waals surface area contributed by atoms with E-state index in [1.165, 1.54) is 6.07 Å². The maximum atomic E-state index is 12.0. The Morgan fingerprint density at radius 1 is 1.44 bits per heavy atom. The van der Waals surface area contributed by atoms with Crippen molar-refractivity contribution in [1.29, 1.82) is 0 Å². The van der Waals surface area contributed by atoms with Gasteiger partial charge in [0.15, 0.2) is 0 Å². The van der Waals surface area contributed by atoms with Gasteiger partial charge in [-0.3, -0.25) is 0 Å². The molecule has 0 saturated carbocycles. The van der Waals surface area contributed by atoms with Crippen molar-refractivity contribution in [3.05, 3.63) is 27.9 Å². The summed E-state index contributed by atoms with van der Waals surface area (Å²) in [5, 5.41) is 10.2. The molecule has 0 radical (unpaired) electrons.